The smallest absolute Gasteiger partial charge is 0.241 e. The summed E-state index contributed by atoms with van der Waals surface area (Å²) in [6.45, 7) is 2.88. The summed E-state index contributed by atoms with van der Waals surface area (Å²) >= 11 is 0. The summed E-state index contributed by atoms with van der Waals surface area (Å²) in [4.78, 5) is 14.7. The van der Waals surface area contributed by atoms with E-state index in [1.807, 2.05) is 37.3 Å². The van der Waals surface area contributed by atoms with E-state index in [0.717, 1.165) is 5.56 Å². The Bertz CT molecular complexity index is 803. The molecular weight excluding hydrogens is 322 g/mol. The monoisotopic (exact) mass is 343 g/mol. The van der Waals surface area contributed by atoms with E-state index in [4.69, 9.17) is 0 Å². The second-order valence-electron chi connectivity index (χ2n) is 6.15. The number of hydrogen-bond acceptors (Lipinski definition) is 3. The molecule has 5 heteroatoms. The predicted molar refractivity (Wildman–Crippen MR) is 93.1 cm³/mol. The fourth-order valence-electron chi connectivity index (χ4n) is 3.28. The van der Waals surface area contributed by atoms with Gasteiger partial charge in [0.05, 0.1) is 4.90 Å². The summed E-state index contributed by atoms with van der Waals surface area (Å²) in [7, 11) is -3.67. The van der Waals surface area contributed by atoms with Crippen LogP contribution in [0.1, 0.15) is 18.9 Å². The van der Waals surface area contributed by atoms with Gasteiger partial charge in [0.2, 0.25) is 5.91 Å². The average molecular weight is 343 g/mol. The molecule has 3 rings (SSSR count). The molecule has 1 saturated heterocycles. The van der Waals surface area contributed by atoms with Gasteiger partial charge in [0.15, 0.2) is 9.84 Å². The lowest BCUT2D eigenvalue weighted by Gasteiger charge is -2.17. The molecule has 2 aromatic carbocycles. The van der Waals surface area contributed by atoms with E-state index in [0.29, 0.717) is 19.5 Å². The highest BCUT2D eigenvalue weighted by atomic mass is 32.2. The van der Waals surface area contributed by atoms with E-state index in [9.17, 15) is 13.2 Å². The topological polar surface area (TPSA) is 54.5 Å². The van der Waals surface area contributed by atoms with Crippen LogP contribution in [0, 0.1) is 5.92 Å². The van der Waals surface area contributed by atoms with Gasteiger partial charge in [-0.1, -0.05) is 55.5 Å². The first-order chi connectivity index (χ1) is 11.5. The van der Waals surface area contributed by atoms with Gasteiger partial charge in [0.25, 0.3) is 0 Å². The molecule has 0 N–H and O–H groups in total. The van der Waals surface area contributed by atoms with Crippen LogP contribution in [0.4, 0.5) is 0 Å². The number of carbonyl (C=O) groups excluding carboxylic acids is 1. The van der Waals surface area contributed by atoms with Crippen molar-refractivity contribution >= 4 is 15.7 Å². The Morgan fingerprint density at radius 1 is 1.00 bits per heavy atom. The number of carbonyl (C=O) groups is 1. The Balaban J connectivity index is 1.89. The number of amides is 1. The van der Waals surface area contributed by atoms with Gasteiger partial charge in [0.1, 0.15) is 5.25 Å². The lowest BCUT2D eigenvalue weighted by molar-refractivity contribution is -0.127. The van der Waals surface area contributed by atoms with E-state index >= 15 is 0 Å². The maximum atomic E-state index is 13.0. The van der Waals surface area contributed by atoms with Crippen LogP contribution in [0.25, 0.3) is 0 Å². The quantitative estimate of drug-likeness (QED) is 0.839. The van der Waals surface area contributed by atoms with Crippen LogP contribution in [0.3, 0.4) is 0 Å². The van der Waals surface area contributed by atoms with Crippen molar-refractivity contribution in [2.45, 2.75) is 30.0 Å². The summed E-state index contributed by atoms with van der Waals surface area (Å²) in [5.74, 6) is -0.457. The Hall–Kier alpha value is -2.14. The van der Waals surface area contributed by atoms with E-state index < -0.39 is 15.1 Å². The van der Waals surface area contributed by atoms with Crippen molar-refractivity contribution in [3.63, 3.8) is 0 Å². The molecule has 0 saturated carbocycles. The Labute approximate surface area is 143 Å². The van der Waals surface area contributed by atoms with Gasteiger partial charge in [-0.15, -0.1) is 0 Å². The maximum Gasteiger partial charge on any atom is 0.241 e. The van der Waals surface area contributed by atoms with E-state index in [1.165, 1.54) is 0 Å². The highest BCUT2D eigenvalue weighted by molar-refractivity contribution is 7.92. The third-order valence-corrected chi connectivity index (χ3v) is 6.77. The van der Waals surface area contributed by atoms with E-state index in [2.05, 4.69) is 0 Å². The molecule has 0 bridgehead atoms. The molecule has 0 radical (unpaired) electrons. The summed E-state index contributed by atoms with van der Waals surface area (Å²) in [5, 5.41) is -0.978. The lowest BCUT2D eigenvalue weighted by atomic mass is 10.1. The van der Waals surface area contributed by atoms with Gasteiger partial charge in [-0.25, -0.2) is 8.42 Å². The molecule has 1 heterocycles. The molecule has 1 amide bonds. The molecular formula is C19H21NO3S. The standard InChI is InChI=1S/C19H21NO3S/c1-2-16-14-20(13-15-9-5-3-6-10-15)19(21)18(16)24(22,23)17-11-7-4-8-12-17/h3-12,16,18H,2,13-14H2,1H3/t16-,18+/m1/s1. The third kappa shape index (κ3) is 3.08. The Morgan fingerprint density at radius 3 is 2.17 bits per heavy atom. The van der Waals surface area contributed by atoms with E-state index in [-0.39, 0.29) is 16.7 Å². The van der Waals surface area contributed by atoms with Crippen LogP contribution in [0.15, 0.2) is 65.6 Å². The minimum absolute atomic E-state index is 0.175. The van der Waals surface area contributed by atoms with E-state index in [1.54, 1.807) is 35.2 Å². The normalized spacial score (nSPS) is 21.2. The zero-order chi connectivity index (χ0) is 17.2. The number of hydrogen-bond donors (Lipinski definition) is 0. The SMILES string of the molecule is CC[C@@H]1CN(Cc2ccccc2)C(=O)[C@H]1S(=O)(=O)c1ccccc1. The second kappa shape index (κ2) is 6.77. The first kappa shape index (κ1) is 16.7. The average Bonchev–Trinajstić information content (AvgIpc) is 2.93. The molecule has 2 atom stereocenters. The number of sulfone groups is 1. The van der Waals surface area contributed by atoms with Crippen molar-refractivity contribution in [3.8, 4) is 0 Å². The Morgan fingerprint density at radius 2 is 1.58 bits per heavy atom. The molecule has 4 nitrogen and oxygen atoms in total. The summed E-state index contributed by atoms with van der Waals surface area (Å²) in [6.07, 6.45) is 0.660. The fourth-order valence-corrected chi connectivity index (χ4v) is 5.31. The van der Waals surface area contributed by atoms with Crippen molar-refractivity contribution in [3.05, 3.63) is 66.2 Å². The lowest BCUT2D eigenvalue weighted by Crippen LogP contribution is -2.35. The molecule has 1 aliphatic heterocycles. The zero-order valence-corrected chi connectivity index (χ0v) is 14.4. The maximum absolute atomic E-state index is 13.0. The minimum atomic E-state index is -3.67. The first-order valence-electron chi connectivity index (χ1n) is 8.15. The zero-order valence-electron chi connectivity index (χ0n) is 13.6. The molecule has 0 unspecified atom stereocenters. The van der Waals surface area contributed by atoms with Crippen LogP contribution in [-0.4, -0.2) is 31.0 Å². The van der Waals surface area contributed by atoms with Crippen molar-refractivity contribution in [2.24, 2.45) is 5.92 Å². The molecule has 126 valence electrons. The highest BCUT2D eigenvalue weighted by Gasteiger charge is 2.47. The molecule has 2 aromatic rings. The van der Waals surface area contributed by atoms with Gasteiger partial charge in [-0.3, -0.25) is 4.79 Å². The van der Waals surface area contributed by atoms with Crippen LogP contribution in [-0.2, 0) is 21.2 Å². The molecule has 0 aliphatic carbocycles. The predicted octanol–water partition coefficient (Wildman–Crippen LogP) is 2.90. The van der Waals surface area contributed by atoms with Gasteiger partial charge in [-0.05, 0) is 24.1 Å². The van der Waals surface area contributed by atoms with Crippen LogP contribution in [0.2, 0.25) is 0 Å². The van der Waals surface area contributed by atoms with Crippen molar-refractivity contribution in [2.75, 3.05) is 6.54 Å². The number of rotatable bonds is 5. The van der Waals surface area contributed by atoms with Gasteiger partial charge in [-0.2, -0.15) is 0 Å². The second-order valence-corrected chi connectivity index (χ2v) is 8.22. The van der Waals surface area contributed by atoms with Crippen LogP contribution >= 0.6 is 0 Å². The molecule has 0 spiro atoms. The van der Waals surface area contributed by atoms with Crippen LogP contribution < -0.4 is 0 Å². The van der Waals surface area contributed by atoms with Crippen molar-refractivity contribution < 1.29 is 13.2 Å². The van der Waals surface area contributed by atoms with Crippen molar-refractivity contribution in [1.29, 1.82) is 0 Å². The summed E-state index contributed by atoms with van der Waals surface area (Å²) < 4.78 is 25.9. The van der Waals surface area contributed by atoms with Gasteiger partial charge < -0.3 is 4.90 Å². The molecule has 0 aromatic heterocycles. The number of benzene rings is 2. The van der Waals surface area contributed by atoms with Crippen molar-refractivity contribution in [1.82, 2.24) is 4.90 Å². The highest BCUT2D eigenvalue weighted by Crippen LogP contribution is 2.32. The number of likely N-dealkylation sites (tertiary alicyclic amines) is 1. The van der Waals surface area contributed by atoms with Gasteiger partial charge in [0, 0.05) is 19.0 Å². The molecule has 24 heavy (non-hydrogen) atoms. The van der Waals surface area contributed by atoms with Gasteiger partial charge >= 0.3 is 0 Å². The fraction of sp³-hybridized carbons (Fsp3) is 0.316. The minimum Gasteiger partial charge on any atom is -0.337 e. The number of nitrogens with zero attached hydrogens (tertiary/aromatic N) is 1. The molecule has 1 fully saturated rings. The third-order valence-electron chi connectivity index (χ3n) is 4.58. The largest absolute Gasteiger partial charge is 0.337 e. The Kier molecular flexibility index (Phi) is 4.71. The van der Waals surface area contributed by atoms with Crippen LogP contribution in [0.5, 0.6) is 0 Å². The first-order valence-corrected chi connectivity index (χ1v) is 9.70. The summed E-state index contributed by atoms with van der Waals surface area (Å²) in [5.41, 5.74) is 1.01. The summed E-state index contributed by atoms with van der Waals surface area (Å²) in [6, 6.07) is 18.0. The molecule has 1 aliphatic rings.